The average Bonchev–Trinajstić information content (AvgIpc) is 2.41. The third-order valence-electron chi connectivity index (χ3n) is 5.91. The Morgan fingerprint density at radius 1 is 1.40 bits per heavy atom. The van der Waals surface area contributed by atoms with E-state index in [1.807, 2.05) is 6.92 Å². The van der Waals surface area contributed by atoms with Crippen LogP contribution in [-0.2, 0) is 14.3 Å². The van der Waals surface area contributed by atoms with E-state index in [-0.39, 0.29) is 35.6 Å². The summed E-state index contributed by atoms with van der Waals surface area (Å²) in [6, 6.07) is 0. The molecule has 0 aromatic heterocycles. The van der Waals surface area contributed by atoms with Gasteiger partial charge in [0.25, 0.3) is 0 Å². The van der Waals surface area contributed by atoms with Gasteiger partial charge in [0.2, 0.25) is 0 Å². The lowest BCUT2D eigenvalue weighted by Crippen LogP contribution is -2.55. The fraction of sp³-hybridized carbons (Fsp3) is 0.875. The molecule has 1 unspecified atom stereocenters. The second-order valence-electron chi connectivity index (χ2n) is 6.89. The molecule has 0 bridgehead atoms. The number of hydrogen-bond acceptors (Lipinski definition) is 4. The molecule has 0 aromatic carbocycles. The van der Waals surface area contributed by atoms with Crippen LogP contribution in [0.15, 0.2) is 0 Å². The third kappa shape index (κ3) is 2.18. The van der Waals surface area contributed by atoms with E-state index in [0.29, 0.717) is 12.8 Å². The first-order chi connectivity index (χ1) is 9.40. The minimum absolute atomic E-state index is 0.0354. The number of hydrogen-bond donors (Lipinski definition) is 1. The Morgan fingerprint density at radius 2 is 2.10 bits per heavy atom. The third-order valence-corrected chi connectivity index (χ3v) is 5.91. The summed E-state index contributed by atoms with van der Waals surface area (Å²) in [6.07, 6.45) is 4.54. The van der Waals surface area contributed by atoms with Crippen molar-refractivity contribution in [1.29, 1.82) is 0 Å². The van der Waals surface area contributed by atoms with Crippen molar-refractivity contribution in [2.45, 2.75) is 52.4 Å². The van der Waals surface area contributed by atoms with Crippen LogP contribution in [0.3, 0.4) is 0 Å². The van der Waals surface area contributed by atoms with Crippen molar-refractivity contribution >= 4 is 11.8 Å². The maximum Gasteiger partial charge on any atom is 0.311 e. The predicted molar refractivity (Wildman–Crippen MR) is 75.0 cm³/mol. The Bertz CT molecular complexity index is 405. The minimum Gasteiger partial charge on any atom is -0.469 e. The largest absolute Gasteiger partial charge is 0.469 e. The van der Waals surface area contributed by atoms with Gasteiger partial charge in [0.1, 0.15) is 5.78 Å². The van der Waals surface area contributed by atoms with Crippen molar-refractivity contribution in [3.63, 3.8) is 0 Å². The summed E-state index contributed by atoms with van der Waals surface area (Å²) in [7, 11) is 1.44. The van der Waals surface area contributed by atoms with Gasteiger partial charge in [0.15, 0.2) is 0 Å². The fourth-order valence-corrected chi connectivity index (χ4v) is 4.90. The van der Waals surface area contributed by atoms with Crippen LogP contribution in [0.4, 0.5) is 0 Å². The van der Waals surface area contributed by atoms with Crippen molar-refractivity contribution in [2.24, 2.45) is 22.7 Å². The van der Waals surface area contributed by atoms with Crippen molar-refractivity contribution in [2.75, 3.05) is 13.7 Å². The molecule has 0 aliphatic heterocycles. The molecule has 0 aromatic rings. The van der Waals surface area contributed by atoms with Gasteiger partial charge in [0, 0.05) is 18.9 Å². The van der Waals surface area contributed by atoms with Crippen LogP contribution >= 0.6 is 0 Å². The SMILES string of the molecule is COC(=O)[C@@]1(C)CCC[C@@]2(C)C1CCC(=O)[C@@H]2CCO. The average molecular weight is 282 g/mol. The number of aliphatic hydroxyl groups excluding tert-OH is 1. The number of fused-ring (bicyclic) bond motifs is 1. The lowest BCUT2D eigenvalue weighted by Gasteiger charge is -2.56. The zero-order chi connectivity index (χ0) is 15.0. The summed E-state index contributed by atoms with van der Waals surface area (Å²) >= 11 is 0. The number of methoxy groups -OCH3 is 1. The summed E-state index contributed by atoms with van der Waals surface area (Å²) in [5.41, 5.74) is -0.671. The molecule has 2 aliphatic rings. The van der Waals surface area contributed by atoms with Crippen LogP contribution < -0.4 is 0 Å². The highest BCUT2D eigenvalue weighted by Crippen LogP contribution is 2.60. The number of ether oxygens (including phenoxy) is 1. The number of carbonyl (C=O) groups excluding carboxylic acids is 2. The number of Topliss-reactive ketones (excluding diaryl/α,β-unsaturated/α-hetero) is 1. The Labute approximate surface area is 120 Å². The summed E-state index contributed by atoms with van der Waals surface area (Å²) in [4.78, 5) is 24.5. The highest BCUT2D eigenvalue weighted by Gasteiger charge is 2.58. The molecule has 2 rings (SSSR count). The van der Waals surface area contributed by atoms with E-state index in [1.54, 1.807) is 0 Å². The maximum absolute atomic E-state index is 12.3. The highest BCUT2D eigenvalue weighted by molar-refractivity contribution is 5.84. The summed E-state index contributed by atoms with van der Waals surface area (Å²) in [6.45, 7) is 4.16. The van der Waals surface area contributed by atoms with Crippen molar-refractivity contribution in [3.05, 3.63) is 0 Å². The molecule has 2 fully saturated rings. The summed E-state index contributed by atoms with van der Waals surface area (Å²) < 4.78 is 5.04. The van der Waals surface area contributed by atoms with Gasteiger partial charge in [-0.05, 0) is 43.9 Å². The molecule has 0 saturated heterocycles. The molecule has 4 heteroatoms. The molecule has 0 spiro atoms. The van der Waals surface area contributed by atoms with Gasteiger partial charge < -0.3 is 9.84 Å². The standard InChI is InChI=1S/C16H26O4/c1-15-8-4-9-16(2,14(19)20-3)13(15)6-5-12(18)11(15)7-10-17/h11,13,17H,4-10H2,1-3H3/t11-,13?,15+,16-/m0/s1. The number of ketones is 1. The molecular formula is C16H26O4. The van der Waals surface area contributed by atoms with Crippen LogP contribution in [-0.4, -0.2) is 30.6 Å². The first kappa shape index (κ1) is 15.5. The smallest absolute Gasteiger partial charge is 0.311 e. The van der Waals surface area contributed by atoms with Crippen LogP contribution in [0.5, 0.6) is 0 Å². The molecule has 4 nitrogen and oxygen atoms in total. The number of esters is 1. The second kappa shape index (κ2) is 5.47. The number of aliphatic hydroxyl groups is 1. The number of rotatable bonds is 3. The Morgan fingerprint density at radius 3 is 2.70 bits per heavy atom. The molecule has 0 radical (unpaired) electrons. The van der Waals surface area contributed by atoms with Gasteiger partial charge in [-0.2, -0.15) is 0 Å². The zero-order valence-corrected chi connectivity index (χ0v) is 12.8. The highest BCUT2D eigenvalue weighted by atomic mass is 16.5. The van der Waals surface area contributed by atoms with Gasteiger partial charge in [0.05, 0.1) is 12.5 Å². The van der Waals surface area contributed by atoms with E-state index in [4.69, 9.17) is 4.74 Å². The van der Waals surface area contributed by atoms with Crippen molar-refractivity contribution in [3.8, 4) is 0 Å². The lowest BCUT2D eigenvalue weighted by molar-refractivity contribution is -0.173. The molecule has 20 heavy (non-hydrogen) atoms. The van der Waals surface area contributed by atoms with E-state index < -0.39 is 5.41 Å². The molecule has 0 heterocycles. The molecule has 114 valence electrons. The zero-order valence-electron chi connectivity index (χ0n) is 12.8. The Kier molecular flexibility index (Phi) is 4.24. The predicted octanol–water partition coefficient (Wildman–Crippen LogP) is 2.33. The summed E-state index contributed by atoms with van der Waals surface area (Å²) in [5, 5.41) is 9.28. The van der Waals surface area contributed by atoms with E-state index in [2.05, 4.69) is 6.92 Å². The van der Waals surface area contributed by atoms with Crippen LogP contribution in [0.2, 0.25) is 0 Å². The Hall–Kier alpha value is -0.900. The van der Waals surface area contributed by atoms with Gasteiger partial charge in [-0.25, -0.2) is 0 Å². The van der Waals surface area contributed by atoms with E-state index >= 15 is 0 Å². The van der Waals surface area contributed by atoms with Gasteiger partial charge in [-0.15, -0.1) is 0 Å². The van der Waals surface area contributed by atoms with Crippen LogP contribution in [0.25, 0.3) is 0 Å². The minimum atomic E-state index is -0.490. The molecule has 0 amide bonds. The molecular weight excluding hydrogens is 256 g/mol. The summed E-state index contributed by atoms with van der Waals surface area (Å²) in [5.74, 6) is 0.165. The Balaban J connectivity index is 2.38. The second-order valence-corrected chi connectivity index (χ2v) is 6.89. The van der Waals surface area contributed by atoms with Crippen LogP contribution in [0.1, 0.15) is 52.4 Å². The molecule has 1 N–H and O–H groups in total. The maximum atomic E-state index is 12.3. The van der Waals surface area contributed by atoms with Crippen molar-refractivity contribution < 1.29 is 19.4 Å². The topological polar surface area (TPSA) is 63.6 Å². The quantitative estimate of drug-likeness (QED) is 0.807. The van der Waals surface area contributed by atoms with Gasteiger partial charge in [-0.1, -0.05) is 13.3 Å². The molecule has 2 aliphatic carbocycles. The van der Waals surface area contributed by atoms with E-state index in [1.165, 1.54) is 7.11 Å². The first-order valence-electron chi connectivity index (χ1n) is 7.62. The normalized spacial score (nSPS) is 41.1. The van der Waals surface area contributed by atoms with Gasteiger partial charge >= 0.3 is 5.97 Å². The monoisotopic (exact) mass is 282 g/mol. The fourth-order valence-electron chi connectivity index (χ4n) is 4.90. The number of carbonyl (C=O) groups is 2. The molecule has 4 atom stereocenters. The van der Waals surface area contributed by atoms with Gasteiger partial charge in [-0.3, -0.25) is 9.59 Å². The molecule has 2 saturated carbocycles. The lowest BCUT2D eigenvalue weighted by atomic mass is 9.47. The van der Waals surface area contributed by atoms with E-state index in [0.717, 1.165) is 25.7 Å². The first-order valence-corrected chi connectivity index (χ1v) is 7.62. The van der Waals surface area contributed by atoms with Crippen LogP contribution in [0, 0.1) is 22.7 Å². The van der Waals surface area contributed by atoms with Crippen molar-refractivity contribution in [1.82, 2.24) is 0 Å². The van der Waals surface area contributed by atoms with E-state index in [9.17, 15) is 14.7 Å².